The molecule has 0 aliphatic carbocycles. The molecule has 6 nitrogen and oxygen atoms in total. The second-order valence-corrected chi connectivity index (χ2v) is 9.11. The number of alkyl halides is 3. The zero-order valence-electron chi connectivity index (χ0n) is 15.9. The summed E-state index contributed by atoms with van der Waals surface area (Å²) < 4.78 is 42.1. The Morgan fingerprint density at radius 2 is 1.94 bits per heavy atom. The molecule has 3 aromatic rings. The number of rotatable bonds is 5. The Hall–Kier alpha value is -1.56. The van der Waals surface area contributed by atoms with Crippen LogP contribution in [0.3, 0.4) is 0 Å². The topological polar surface area (TPSA) is 64.7 Å². The molecule has 2 heterocycles. The Bertz CT molecular complexity index is 1150. The second-order valence-electron chi connectivity index (χ2n) is 6.61. The Kier molecular flexibility index (Phi) is 7.09. The summed E-state index contributed by atoms with van der Waals surface area (Å²) in [5.41, 5.74) is -0.143. The summed E-state index contributed by atoms with van der Waals surface area (Å²) in [5.74, 6) is -0.371. The van der Waals surface area contributed by atoms with E-state index in [1.165, 1.54) is 13.8 Å². The molecule has 0 bridgehead atoms. The van der Waals surface area contributed by atoms with Crippen molar-refractivity contribution in [2.45, 2.75) is 32.6 Å². The Labute approximate surface area is 201 Å². The van der Waals surface area contributed by atoms with Gasteiger partial charge in [-0.15, -0.1) is 0 Å². The highest BCUT2D eigenvalue weighted by Crippen LogP contribution is 2.36. The molecule has 1 N–H and O–H groups in total. The standard InChI is InChI=1S/C18H14Br2Cl2F3N5O/c1-8-14(20)15(18(23,24)25)27-30(8)9(2)17(31)26-16-12(19)7-29(28-16)6-10-3-4-11(21)5-13(10)22/h3-5,7,9H,6H2,1-2H3,(H,26,28,31). The molecular formula is C18H14Br2Cl2F3N5O. The minimum Gasteiger partial charge on any atom is -0.306 e. The molecule has 0 spiro atoms. The van der Waals surface area contributed by atoms with E-state index in [0.717, 1.165) is 10.2 Å². The first kappa shape index (κ1) is 24.1. The van der Waals surface area contributed by atoms with Crippen molar-refractivity contribution in [2.24, 2.45) is 0 Å². The fourth-order valence-electron chi connectivity index (χ4n) is 2.78. The maximum absolute atomic E-state index is 13.1. The predicted octanol–water partition coefficient (Wildman–Crippen LogP) is 6.49. The van der Waals surface area contributed by atoms with Gasteiger partial charge in [-0.25, -0.2) is 0 Å². The fraction of sp³-hybridized carbons (Fsp3) is 0.278. The highest BCUT2D eigenvalue weighted by atomic mass is 79.9. The molecule has 0 saturated carbocycles. The van der Waals surface area contributed by atoms with Crippen molar-refractivity contribution in [3.05, 3.63) is 60.3 Å². The number of halogens is 7. The van der Waals surface area contributed by atoms with E-state index < -0.39 is 23.8 Å². The third-order valence-electron chi connectivity index (χ3n) is 4.40. The number of carbonyl (C=O) groups is 1. The van der Waals surface area contributed by atoms with Crippen molar-refractivity contribution >= 4 is 66.8 Å². The van der Waals surface area contributed by atoms with Crippen molar-refractivity contribution in [1.82, 2.24) is 19.6 Å². The number of carbonyl (C=O) groups excluding carboxylic acids is 1. The molecule has 13 heteroatoms. The first-order chi connectivity index (χ1) is 14.4. The zero-order chi connectivity index (χ0) is 23.1. The lowest BCUT2D eigenvalue weighted by Crippen LogP contribution is -2.26. The van der Waals surface area contributed by atoms with E-state index in [-0.39, 0.29) is 16.0 Å². The third kappa shape index (κ3) is 5.27. The fourth-order valence-corrected chi connectivity index (χ4v) is 4.14. The van der Waals surface area contributed by atoms with Crippen molar-refractivity contribution in [1.29, 1.82) is 0 Å². The van der Waals surface area contributed by atoms with Gasteiger partial charge in [0.15, 0.2) is 11.5 Å². The molecule has 0 radical (unpaired) electrons. The quantitative estimate of drug-likeness (QED) is 0.363. The Morgan fingerprint density at radius 3 is 2.52 bits per heavy atom. The van der Waals surface area contributed by atoms with E-state index in [2.05, 4.69) is 47.4 Å². The average Bonchev–Trinajstić information content (AvgIpc) is 3.16. The van der Waals surface area contributed by atoms with Gasteiger partial charge in [-0.3, -0.25) is 14.2 Å². The Morgan fingerprint density at radius 1 is 1.26 bits per heavy atom. The van der Waals surface area contributed by atoms with Crippen LogP contribution >= 0.6 is 55.1 Å². The van der Waals surface area contributed by atoms with E-state index in [0.29, 0.717) is 21.1 Å². The monoisotopic (exact) mass is 601 g/mol. The van der Waals surface area contributed by atoms with Gasteiger partial charge in [-0.05, 0) is 63.4 Å². The highest BCUT2D eigenvalue weighted by Gasteiger charge is 2.39. The average molecular weight is 604 g/mol. The van der Waals surface area contributed by atoms with E-state index in [1.54, 1.807) is 29.1 Å². The van der Waals surface area contributed by atoms with Crippen LogP contribution in [-0.2, 0) is 17.5 Å². The summed E-state index contributed by atoms with van der Waals surface area (Å²) in [6, 6.07) is 4.05. The SMILES string of the molecule is Cc1c(Br)c(C(F)(F)F)nn1C(C)C(=O)Nc1nn(Cc2ccc(Cl)cc2Cl)cc1Br. The summed E-state index contributed by atoms with van der Waals surface area (Å²) in [5, 5.41) is 11.4. The van der Waals surface area contributed by atoms with Crippen molar-refractivity contribution in [3.63, 3.8) is 0 Å². The van der Waals surface area contributed by atoms with Gasteiger partial charge in [-0.1, -0.05) is 29.3 Å². The minimum atomic E-state index is -4.64. The van der Waals surface area contributed by atoms with Gasteiger partial charge >= 0.3 is 6.18 Å². The molecule has 166 valence electrons. The van der Waals surface area contributed by atoms with E-state index in [1.807, 2.05) is 0 Å². The lowest BCUT2D eigenvalue weighted by molar-refractivity contribution is -0.142. The van der Waals surface area contributed by atoms with E-state index >= 15 is 0 Å². The number of amides is 1. The smallest absolute Gasteiger partial charge is 0.306 e. The lowest BCUT2D eigenvalue weighted by atomic mass is 10.2. The van der Waals surface area contributed by atoms with Crippen LogP contribution in [0.5, 0.6) is 0 Å². The van der Waals surface area contributed by atoms with Crippen LogP contribution in [0.2, 0.25) is 10.0 Å². The predicted molar refractivity (Wildman–Crippen MR) is 118 cm³/mol. The number of aromatic nitrogens is 4. The molecule has 31 heavy (non-hydrogen) atoms. The maximum atomic E-state index is 13.1. The van der Waals surface area contributed by atoms with E-state index in [4.69, 9.17) is 23.2 Å². The molecule has 0 aliphatic rings. The normalized spacial score (nSPS) is 12.8. The summed E-state index contributed by atoms with van der Waals surface area (Å²) in [4.78, 5) is 12.7. The van der Waals surface area contributed by atoms with Gasteiger partial charge in [0.05, 0.1) is 21.2 Å². The van der Waals surface area contributed by atoms with Crippen LogP contribution in [0.1, 0.15) is 29.9 Å². The van der Waals surface area contributed by atoms with Gasteiger partial charge in [0.1, 0.15) is 6.04 Å². The highest BCUT2D eigenvalue weighted by molar-refractivity contribution is 9.11. The molecular weight excluding hydrogens is 590 g/mol. The first-order valence-electron chi connectivity index (χ1n) is 8.68. The van der Waals surface area contributed by atoms with Crippen LogP contribution in [-0.4, -0.2) is 25.5 Å². The zero-order valence-corrected chi connectivity index (χ0v) is 20.6. The first-order valence-corrected chi connectivity index (χ1v) is 11.0. The molecule has 0 fully saturated rings. The lowest BCUT2D eigenvalue weighted by Gasteiger charge is -2.13. The van der Waals surface area contributed by atoms with Crippen molar-refractivity contribution in [3.8, 4) is 0 Å². The third-order valence-corrected chi connectivity index (χ3v) is 6.51. The molecule has 0 aliphatic heterocycles. The van der Waals surface area contributed by atoms with Crippen LogP contribution in [0.25, 0.3) is 0 Å². The summed E-state index contributed by atoms with van der Waals surface area (Å²) in [6.45, 7) is 3.21. The summed E-state index contributed by atoms with van der Waals surface area (Å²) >= 11 is 18.3. The number of anilines is 1. The van der Waals surface area contributed by atoms with E-state index in [9.17, 15) is 18.0 Å². The van der Waals surface area contributed by atoms with Crippen LogP contribution < -0.4 is 5.32 Å². The molecule has 1 aromatic carbocycles. The number of nitrogens with zero attached hydrogens (tertiary/aromatic N) is 4. The van der Waals surface area contributed by atoms with Gasteiger partial charge in [0.2, 0.25) is 5.91 Å². The maximum Gasteiger partial charge on any atom is 0.436 e. The minimum absolute atomic E-state index is 0.178. The molecule has 1 amide bonds. The molecule has 2 aromatic heterocycles. The van der Waals surface area contributed by atoms with Gasteiger partial charge in [-0.2, -0.15) is 23.4 Å². The number of benzene rings is 1. The molecule has 3 rings (SSSR count). The second kappa shape index (κ2) is 9.13. The van der Waals surface area contributed by atoms with Crippen molar-refractivity contribution < 1.29 is 18.0 Å². The number of hydrogen-bond acceptors (Lipinski definition) is 3. The number of hydrogen-bond donors (Lipinski definition) is 1. The van der Waals surface area contributed by atoms with Crippen molar-refractivity contribution in [2.75, 3.05) is 5.32 Å². The summed E-state index contributed by atoms with van der Waals surface area (Å²) in [7, 11) is 0. The number of nitrogens with one attached hydrogen (secondary N) is 1. The van der Waals surface area contributed by atoms with Gasteiger partial charge < -0.3 is 5.32 Å². The Balaban J connectivity index is 1.78. The van der Waals surface area contributed by atoms with Crippen LogP contribution in [0.4, 0.5) is 19.0 Å². The van der Waals surface area contributed by atoms with Gasteiger partial charge in [0, 0.05) is 16.2 Å². The molecule has 1 atom stereocenters. The summed E-state index contributed by atoms with van der Waals surface area (Å²) in [6.07, 6.45) is -3.00. The van der Waals surface area contributed by atoms with Gasteiger partial charge in [0.25, 0.3) is 0 Å². The molecule has 0 saturated heterocycles. The largest absolute Gasteiger partial charge is 0.436 e. The van der Waals surface area contributed by atoms with Crippen LogP contribution in [0.15, 0.2) is 33.3 Å². The van der Waals surface area contributed by atoms with Crippen LogP contribution in [0, 0.1) is 6.92 Å². The molecule has 1 unspecified atom stereocenters.